The van der Waals surface area contributed by atoms with Crippen molar-refractivity contribution in [1.29, 1.82) is 5.26 Å². The summed E-state index contributed by atoms with van der Waals surface area (Å²) in [7, 11) is 0. The van der Waals surface area contributed by atoms with Crippen molar-refractivity contribution in [2.75, 3.05) is 19.6 Å². The highest BCUT2D eigenvalue weighted by Gasteiger charge is 2.47. The Labute approximate surface area is 118 Å². The zero-order valence-electron chi connectivity index (χ0n) is 12.6. The molecule has 3 nitrogen and oxygen atoms in total. The molecule has 2 aliphatic carbocycles. The number of unbranched alkanes of at least 4 members (excludes halogenated alkanes) is 1. The van der Waals surface area contributed by atoms with E-state index in [1.807, 2.05) is 0 Å². The molecule has 19 heavy (non-hydrogen) atoms. The van der Waals surface area contributed by atoms with E-state index < -0.39 is 0 Å². The van der Waals surface area contributed by atoms with E-state index in [0.29, 0.717) is 5.92 Å². The zero-order chi connectivity index (χ0) is 13.7. The molecule has 3 heteroatoms. The molecule has 0 aliphatic heterocycles. The standard InChI is InChI=1S/C16H29N3/c1-3-5-11-19(15-8-9-15)13-16(12-17,14-6-7-14)18-10-4-2/h14-15,18H,3-11,13H2,1-2H3. The first-order chi connectivity index (χ1) is 9.25. The van der Waals surface area contributed by atoms with E-state index in [1.165, 1.54) is 45.1 Å². The predicted octanol–water partition coefficient (Wildman–Crippen LogP) is 2.92. The minimum atomic E-state index is -0.271. The lowest BCUT2D eigenvalue weighted by molar-refractivity contribution is 0.185. The maximum absolute atomic E-state index is 9.75. The van der Waals surface area contributed by atoms with E-state index >= 15 is 0 Å². The molecule has 0 amide bonds. The molecule has 0 saturated heterocycles. The Kier molecular flexibility index (Phi) is 5.24. The topological polar surface area (TPSA) is 39.1 Å². The summed E-state index contributed by atoms with van der Waals surface area (Å²) >= 11 is 0. The van der Waals surface area contributed by atoms with Crippen molar-refractivity contribution in [2.24, 2.45) is 5.92 Å². The third-order valence-electron chi connectivity index (χ3n) is 4.48. The van der Waals surface area contributed by atoms with E-state index in [-0.39, 0.29) is 5.54 Å². The van der Waals surface area contributed by atoms with Crippen LogP contribution in [0, 0.1) is 17.2 Å². The van der Waals surface area contributed by atoms with Crippen LogP contribution in [0.15, 0.2) is 0 Å². The van der Waals surface area contributed by atoms with Crippen LogP contribution >= 0.6 is 0 Å². The van der Waals surface area contributed by atoms with Crippen LogP contribution in [0.1, 0.15) is 58.8 Å². The van der Waals surface area contributed by atoms with Gasteiger partial charge in [0.15, 0.2) is 0 Å². The number of hydrogen-bond donors (Lipinski definition) is 1. The summed E-state index contributed by atoms with van der Waals surface area (Å²) in [6.07, 6.45) is 8.75. The second-order valence-electron chi connectivity index (χ2n) is 6.34. The highest BCUT2D eigenvalue weighted by atomic mass is 15.2. The maximum Gasteiger partial charge on any atom is 0.122 e. The molecular weight excluding hydrogens is 234 g/mol. The van der Waals surface area contributed by atoms with Gasteiger partial charge in [-0.15, -0.1) is 0 Å². The Morgan fingerprint density at radius 1 is 1.21 bits per heavy atom. The second-order valence-corrected chi connectivity index (χ2v) is 6.34. The summed E-state index contributed by atoms with van der Waals surface area (Å²) in [4.78, 5) is 2.59. The predicted molar refractivity (Wildman–Crippen MR) is 78.9 cm³/mol. The first-order valence-corrected chi connectivity index (χ1v) is 8.16. The van der Waals surface area contributed by atoms with E-state index in [4.69, 9.17) is 0 Å². The molecule has 0 spiro atoms. The minimum Gasteiger partial charge on any atom is -0.298 e. The molecule has 1 atom stereocenters. The first-order valence-electron chi connectivity index (χ1n) is 8.16. The largest absolute Gasteiger partial charge is 0.298 e. The fourth-order valence-electron chi connectivity index (χ4n) is 2.93. The van der Waals surface area contributed by atoms with Gasteiger partial charge in [0.05, 0.1) is 6.07 Å². The van der Waals surface area contributed by atoms with Gasteiger partial charge >= 0.3 is 0 Å². The van der Waals surface area contributed by atoms with Gasteiger partial charge in [-0.2, -0.15) is 5.26 Å². The van der Waals surface area contributed by atoms with E-state index in [9.17, 15) is 5.26 Å². The molecule has 1 unspecified atom stereocenters. The van der Waals surface area contributed by atoms with Crippen molar-refractivity contribution in [3.05, 3.63) is 0 Å². The highest BCUT2D eigenvalue weighted by molar-refractivity contribution is 5.17. The lowest BCUT2D eigenvalue weighted by Gasteiger charge is -2.34. The fourth-order valence-corrected chi connectivity index (χ4v) is 2.93. The monoisotopic (exact) mass is 263 g/mol. The summed E-state index contributed by atoms with van der Waals surface area (Å²) in [5.74, 6) is 0.590. The van der Waals surface area contributed by atoms with Crippen LogP contribution in [0.3, 0.4) is 0 Å². The quantitative estimate of drug-likeness (QED) is 0.658. The third-order valence-corrected chi connectivity index (χ3v) is 4.48. The number of nitrogens with one attached hydrogen (secondary N) is 1. The summed E-state index contributed by atoms with van der Waals surface area (Å²) in [5, 5.41) is 13.3. The number of hydrogen-bond acceptors (Lipinski definition) is 3. The normalized spacial score (nSPS) is 22.2. The SMILES string of the molecule is CCCCN(CC(C#N)(NCCC)C1CC1)C1CC1. The van der Waals surface area contributed by atoms with Crippen LogP contribution in [-0.4, -0.2) is 36.1 Å². The Morgan fingerprint density at radius 3 is 2.42 bits per heavy atom. The molecule has 0 bridgehead atoms. The number of nitriles is 1. The van der Waals surface area contributed by atoms with Crippen molar-refractivity contribution < 1.29 is 0 Å². The van der Waals surface area contributed by atoms with Gasteiger partial charge < -0.3 is 0 Å². The molecule has 1 N–H and O–H groups in total. The van der Waals surface area contributed by atoms with Gasteiger partial charge in [-0.25, -0.2) is 0 Å². The molecule has 0 aromatic rings. The average molecular weight is 263 g/mol. The van der Waals surface area contributed by atoms with Crippen LogP contribution in [0.5, 0.6) is 0 Å². The first kappa shape index (κ1) is 14.8. The van der Waals surface area contributed by atoms with Gasteiger partial charge in [0, 0.05) is 12.6 Å². The van der Waals surface area contributed by atoms with E-state index in [2.05, 4.69) is 30.1 Å². The lowest BCUT2D eigenvalue weighted by Crippen LogP contribution is -2.55. The maximum atomic E-state index is 9.75. The molecule has 0 aromatic heterocycles. The Hall–Kier alpha value is -0.590. The Morgan fingerprint density at radius 2 is 1.95 bits per heavy atom. The fraction of sp³-hybridized carbons (Fsp3) is 0.938. The van der Waals surface area contributed by atoms with E-state index in [1.54, 1.807) is 0 Å². The Balaban J connectivity index is 1.98. The molecular formula is C16H29N3. The van der Waals surface area contributed by atoms with Gasteiger partial charge in [-0.3, -0.25) is 10.2 Å². The molecule has 2 aliphatic rings. The van der Waals surface area contributed by atoms with Crippen LogP contribution in [0.4, 0.5) is 0 Å². The summed E-state index contributed by atoms with van der Waals surface area (Å²) in [6, 6.07) is 3.41. The lowest BCUT2D eigenvalue weighted by atomic mass is 9.93. The smallest absolute Gasteiger partial charge is 0.122 e. The summed E-state index contributed by atoms with van der Waals surface area (Å²) in [6.45, 7) is 7.51. The van der Waals surface area contributed by atoms with Gasteiger partial charge in [0.2, 0.25) is 0 Å². The molecule has 0 heterocycles. The van der Waals surface area contributed by atoms with Crippen molar-refractivity contribution in [1.82, 2.24) is 10.2 Å². The average Bonchev–Trinajstić information content (AvgIpc) is 3.30. The van der Waals surface area contributed by atoms with Crippen LogP contribution in [0.2, 0.25) is 0 Å². The van der Waals surface area contributed by atoms with Crippen molar-refractivity contribution in [2.45, 2.75) is 70.4 Å². The molecule has 0 aromatic carbocycles. The number of nitrogens with zero attached hydrogens (tertiary/aromatic N) is 2. The minimum absolute atomic E-state index is 0.271. The molecule has 2 saturated carbocycles. The van der Waals surface area contributed by atoms with Crippen molar-refractivity contribution in [3.8, 4) is 6.07 Å². The zero-order valence-corrected chi connectivity index (χ0v) is 12.6. The van der Waals surface area contributed by atoms with Crippen LogP contribution in [-0.2, 0) is 0 Å². The van der Waals surface area contributed by atoms with Gasteiger partial charge in [-0.05, 0) is 57.5 Å². The van der Waals surface area contributed by atoms with Crippen molar-refractivity contribution >= 4 is 0 Å². The van der Waals surface area contributed by atoms with Gasteiger partial charge in [0.25, 0.3) is 0 Å². The highest BCUT2D eigenvalue weighted by Crippen LogP contribution is 2.41. The number of rotatable bonds is 10. The van der Waals surface area contributed by atoms with Gasteiger partial charge in [-0.1, -0.05) is 20.3 Å². The second kappa shape index (κ2) is 6.72. The molecule has 2 rings (SSSR count). The summed E-state index contributed by atoms with van der Waals surface area (Å²) in [5.41, 5.74) is -0.271. The van der Waals surface area contributed by atoms with Crippen LogP contribution in [0.25, 0.3) is 0 Å². The molecule has 108 valence electrons. The molecule has 2 fully saturated rings. The third kappa shape index (κ3) is 3.94. The van der Waals surface area contributed by atoms with Crippen molar-refractivity contribution in [3.63, 3.8) is 0 Å². The Bertz CT molecular complexity index is 314. The van der Waals surface area contributed by atoms with Crippen LogP contribution < -0.4 is 5.32 Å². The summed E-state index contributed by atoms with van der Waals surface area (Å²) < 4.78 is 0. The van der Waals surface area contributed by atoms with E-state index in [0.717, 1.165) is 25.6 Å². The van der Waals surface area contributed by atoms with Gasteiger partial charge in [0.1, 0.15) is 5.54 Å². The molecule has 0 radical (unpaired) electrons.